The normalized spacial score (nSPS) is 11.0. The largest absolute Gasteiger partial charge is 0.379 e. The molecule has 0 unspecified atom stereocenters. The maximum absolute atomic E-state index is 6.20. The number of hydrogen-bond donors (Lipinski definition) is 1. The van der Waals surface area contributed by atoms with Crippen LogP contribution in [0.2, 0.25) is 5.02 Å². The third-order valence-corrected chi connectivity index (χ3v) is 3.86. The van der Waals surface area contributed by atoms with Gasteiger partial charge in [0, 0.05) is 22.6 Å². The molecule has 0 atom stereocenters. The molecule has 19 heavy (non-hydrogen) atoms. The second-order valence-corrected chi connectivity index (χ2v) is 6.22. The first-order valence-electron chi connectivity index (χ1n) is 6.12. The van der Waals surface area contributed by atoms with Crippen molar-refractivity contribution in [1.82, 2.24) is 9.88 Å². The van der Waals surface area contributed by atoms with Gasteiger partial charge in [0.05, 0.1) is 17.2 Å². The van der Waals surface area contributed by atoms with Crippen molar-refractivity contribution in [2.75, 3.05) is 19.4 Å². The summed E-state index contributed by atoms with van der Waals surface area (Å²) >= 11 is 7.87. The average Bonchev–Trinajstić information content (AvgIpc) is 2.75. The van der Waals surface area contributed by atoms with Gasteiger partial charge in [0.25, 0.3) is 0 Å². The lowest BCUT2D eigenvalue weighted by molar-refractivity contribution is 0.402. The molecule has 0 aliphatic carbocycles. The lowest BCUT2D eigenvalue weighted by Crippen LogP contribution is -2.11. The first kappa shape index (κ1) is 14.3. The van der Waals surface area contributed by atoms with Gasteiger partial charge in [-0.25, -0.2) is 4.98 Å². The molecule has 0 saturated carbocycles. The average molecular weight is 296 g/mol. The minimum Gasteiger partial charge on any atom is -0.379 e. The van der Waals surface area contributed by atoms with Gasteiger partial charge in [0.2, 0.25) is 0 Å². The fourth-order valence-electron chi connectivity index (χ4n) is 1.83. The standard InChI is InChI=1S/C14H18ClN3S/c1-10-17-13(9-19-10)7-16-12-4-5-14(15)11(6-12)8-18(2)3/h4-6,9,16H,7-8H2,1-3H3. The summed E-state index contributed by atoms with van der Waals surface area (Å²) in [4.78, 5) is 6.54. The topological polar surface area (TPSA) is 28.2 Å². The highest BCUT2D eigenvalue weighted by molar-refractivity contribution is 7.09. The number of nitrogens with one attached hydrogen (secondary N) is 1. The van der Waals surface area contributed by atoms with Crippen LogP contribution in [0.5, 0.6) is 0 Å². The number of aromatic nitrogens is 1. The van der Waals surface area contributed by atoms with Gasteiger partial charge in [-0.2, -0.15) is 0 Å². The zero-order valence-electron chi connectivity index (χ0n) is 11.4. The molecule has 1 N–H and O–H groups in total. The second-order valence-electron chi connectivity index (χ2n) is 4.76. The molecule has 0 aliphatic heterocycles. The highest BCUT2D eigenvalue weighted by Gasteiger charge is 2.04. The summed E-state index contributed by atoms with van der Waals surface area (Å²) in [5, 5.41) is 7.37. The minimum absolute atomic E-state index is 0.743. The third kappa shape index (κ3) is 4.20. The Morgan fingerprint density at radius 1 is 1.37 bits per heavy atom. The van der Waals surface area contributed by atoms with Crippen LogP contribution in [0.15, 0.2) is 23.6 Å². The van der Waals surface area contributed by atoms with Crippen molar-refractivity contribution >= 4 is 28.6 Å². The summed E-state index contributed by atoms with van der Waals surface area (Å²) in [7, 11) is 4.07. The van der Waals surface area contributed by atoms with Crippen molar-refractivity contribution < 1.29 is 0 Å². The molecule has 0 fully saturated rings. The first-order chi connectivity index (χ1) is 9.04. The number of hydrogen-bond acceptors (Lipinski definition) is 4. The third-order valence-electron chi connectivity index (χ3n) is 2.67. The van der Waals surface area contributed by atoms with E-state index in [4.69, 9.17) is 11.6 Å². The van der Waals surface area contributed by atoms with E-state index in [0.29, 0.717) is 0 Å². The number of nitrogens with zero attached hydrogens (tertiary/aromatic N) is 2. The quantitative estimate of drug-likeness (QED) is 0.910. The molecule has 5 heteroatoms. The molecule has 0 bridgehead atoms. The maximum Gasteiger partial charge on any atom is 0.0898 e. The van der Waals surface area contributed by atoms with E-state index in [1.165, 1.54) is 0 Å². The maximum atomic E-state index is 6.20. The summed E-state index contributed by atoms with van der Waals surface area (Å²) in [6.45, 7) is 3.60. The highest BCUT2D eigenvalue weighted by atomic mass is 35.5. The smallest absolute Gasteiger partial charge is 0.0898 e. The summed E-state index contributed by atoms with van der Waals surface area (Å²) in [5.41, 5.74) is 3.28. The van der Waals surface area contributed by atoms with E-state index in [1.54, 1.807) is 11.3 Å². The minimum atomic E-state index is 0.743. The predicted octanol–water partition coefficient (Wildman–Crippen LogP) is 3.78. The second kappa shape index (κ2) is 6.37. The van der Waals surface area contributed by atoms with Gasteiger partial charge in [-0.05, 0) is 44.8 Å². The molecule has 2 rings (SSSR count). The Bertz CT molecular complexity index is 551. The van der Waals surface area contributed by atoms with Crippen LogP contribution < -0.4 is 5.32 Å². The lowest BCUT2D eigenvalue weighted by atomic mass is 10.2. The number of halogens is 1. The van der Waals surface area contributed by atoms with E-state index >= 15 is 0 Å². The zero-order chi connectivity index (χ0) is 13.8. The predicted molar refractivity (Wildman–Crippen MR) is 83.0 cm³/mol. The first-order valence-corrected chi connectivity index (χ1v) is 7.38. The van der Waals surface area contributed by atoms with Gasteiger partial charge in [0.1, 0.15) is 0 Å². The van der Waals surface area contributed by atoms with Gasteiger partial charge >= 0.3 is 0 Å². The molecule has 2 aromatic rings. The van der Waals surface area contributed by atoms with E-state index in [9.17, 15) is 0 Å². The Hall–Kier alpha value is -1.10. The molecule has 1 aromatic carbocycles. The van der Waals surface area contributed by atoms with Crippen LogP contribution in [-0.2, 0) is 13.1 Å². The SMILES string of the molecule is Cc1nc(CNc2ccc(Cl)c(CN(C)C)c2)cs1. The van der Waals surface area contributed by atoms with Crippen LogP contribution in [0.4, 0.5) is 5.69 Å². The summed E-state index contributed by atoms with van der Waals surface area (Å²) in [5.74, 6) is 0. The van der Waals surface area contributed by atoms with Crippen LogP contribution >= 0.6 is 22.9 Å². The van der Waals surface area contributed by atoms with E-state index < -0.39 is 0 Å². The monoisotopic (exact) mass is 295 g/mol. The van der Waals surface area contributed by atoms with Crippen LogP contribution in [0.3, 0.4) is 0 Å². The molecule has 1 aromatic heterocycles. The van der Waals surface area contributed by atoms with Crippen LogP contribution in [0.1, 0.15) is 16.3 Å². The lowest BCUT2D eigenvalue weighted by Gasteiger charge is -2.13. The molecule has 0 saturated heterocycles. The molecule has 102 valence electrons. The highest BCUT2D eigenvalue weighted by Crippen LogP contribution is 2.22. The summed E-state index contributed by atoms with van der Waals surface area (Å²) in [6.07, 6.45) is 0. The molecule has 0 radical (unpaired) electrons. The van der Waals surface area contributed by atoms with Gasteiger partial charge < -0.3 is 10.2 Å². The summed E-state index contributed by atoms with van der Waals surface area (Å²) in [6, 6.07) is 6.04. The fourth-order valence-corrected chi connectivity index (χ4v) is 2.62. The molecular formula is C14H18ClN3S. The molecule has 1 heterocycles. The van der Waals surface area contributed by atoms with Crippen LogP contribution in [0.25, 0.3) is 0 Å². The van der Waals surface area contributed by atoms with E-state index in [-0.39, 0.29) is 0 Å². The molecule has 3 nitrogen and oxygen atoms in total. The number of aryl methyl sites for hydroxylation is 1. The van der Waals surface area contributed by atoms with E-state index in [1.807, 2.05) is 33.2 Å². The zero-order valence-corrected chi connectivity index (χ0v) is 13.0. The molecule has 0 amide bonds. The Morgan fingerprint density at radius 2 is 2.16 bits per heavy atom. The molecular weight excluding hydrogens is 278 g/mol. The number of thiazole rings is 1. The number of rotatable bonds is 5. The van der Waals surface area contributed by atoms with E-state index in [0.717, 1.165) is 40.1 Å². The van der Waals surface area contributed by atoms with Gasteiger partial charge in [-0.3, -0.25) is 0 Å². The summed E-state index contributed by atoms with van der Waals surface area (Å²) < 4.78 is 0. The van der Waals surface area contributed by atoms with Crippen molar-refractivity contribution in [3.8, 4) is 0 Å². The Morgan fingerprint density at radius 3 is 2.79 bits per heavy atom. The van der Waals surface area contributed by atoms with Crippen molar-refractivity contribution in [1.29, 1.82) is 0 Å². The number of anilines is 1. The molecule has 0 aliphatic rings. The van der Waals surface area contributed by atoms with Crippen molar-refractivity contribution in [2.45, 2.75) is 20.0 Å². The fraction of sp³-hybridized carbons (Fsp3) is 0.357. The van der Waals surface area contributed by atoms with Crippen LogP contribution in [-0.4, -0.2) is 24.0 Å². The van der Waals surface area contributed by atoms with Gasteiger partial charge in [-0.1, -0.05) is 11.6 Å². The van der Waals surface area contributed by atoms with Crippen molar-refractivity contribution in [3.05, 3.63) is 44.9 Å². The van der Waals surface area contributed by atoms with Gasteiger partial charge in [0.15, 0.2) is 0 Å². The van der Waals surface area contributed by atoms with E-state index in [2.05, 4.69) is 26.6 Å². The van der Waals surface area contributed by atoms with Crippen LogP contribution in [0, 0.1) is 6.92 Å². The van der Waals surface area contributed by atoms with Crippen molar-refractivity contribution in [3.63, 3.8) is 0 Å². The Balaban J connectivity index is 2.04. The number of benzene rings is 1. The molecule has 0 spiro atoms. The van der Waals surface area contributed by atoms with Gasteiger partial charge in [-0.15, -0.1) is 11.3 Å². The Labute approximate surface area is 123 Å². The van der Waals surface area contributed by atoms with Crippen molar-refractivity contribution in [2.24, 2.45) is 0 Å². The Kier molecular flexibility index (Phi) is 4.80.